The Balaban J connectivity index is 4.27. The minimum atomic E-state index is -0.767. The Morgan fingerprint density at radius 1 is 0.288 bits per heavy atom. The van der Waals surface area contributed by atoms with E-state index in [1.54, 1.807) is 0 Å². The number of ether oxygens (including phenoxy) is 3. The number of esters is 3. The topological polar surface area (TPSA) is 78.9 Å². The fraction of sp³-hybridized carbons (Fsp3) is 0.917. The number of carbonyl (C=O) groups is 3. The molecule has 0 radical (unpaired) electrons. The van der Waals surface area contributed by atoms with Gasteiger partial charge in [-0.3, -0.25) is 14.4 Å². The molecule has 0 aliphatic carbocycles. The maximum atomic E-state index is 12.9. The summed E-state index contributed by atoms with van der Waals surface area (Å²) < 4.78 is 16.9. The van der Waals surface area contributed by atoms with Gasteiger partial charge in [0, 0.05) is 19.3 Å². The fourth-order valence-corrected chi connectivity index (χ4v) is 9.03. The van der Waals surface area contributed by atoms with Gasteiger partial charge in [-0.2, -0.15) is 0 Å². The zero-order chi connectivity index (χ0) is 47.9. The van der Waals surface area contributed by atoms with E-state index in [9.17, 15) is 14.4 Å². The third-order valence-corrected chi connectivity index (χ3v) is 13.5. The largest absolute Gasteiger partial charge is 0.462 e. The van der Waals surface area contributed by atoms with Gasteiger partial charge in [-0.15, -0.1) is 0 Å². The second-order valence-electron chi connectivity index (χ2n) is 20.3. The standard InChI is InChI=1S/C60H114O6/c1-4-7-10-13-16-19-22-25-27-29-31-33-35-38-41-44-47-50-53-59(62)65-56-57(55-64-58(61)52-49-46-43-40-37-24-21-18-15-12-9-6-3)66-60(63)54-51-48-45-42-39-36-34-32-30-28-26-23-20-17-14-11-8-5-2/h18,21,57H,4-17,19-20,22-56H2,1-3H3/b21-18-. The van der Waals surface area contributed by atoms with Gasteiger partial charge in [-0.1, -0.05) is 283 Å². The van der Waals surface area contributed by atoms with Gasteiger partial charge in [0.2, 0.25) is 0 Å². The molecule has 0 aromatic rings. The Morgan fingerprint density at radius 3 is 0.788 bits per heavy atom. The zero-order valence-corrected chi connectivity index (χ0v) is 44.7. The average molecular weight is 932 g/mol. The first kappa shape index (κ1) is 64.2. The SMILES string of the molecule is CCCCC/C=C\CCCCCCCC(=O)OCC(COC(=O)CCCCCCCCCCCCCCCCCCCC)OC(=O)CCCCCCCCCCCCCCCCCCCC. The molecule has 0 bridgehead atoms. The average Bonchev–Trinajstić information content (AvgIpc) is 3.31. The van der Waals surface area contributed by atoms with Crippen molar-refractivity contribution >= 4 is 17.9 Å². The van der Waals surface area contributed by atoms with Gasteiger partial charge in [0.1, 0.15) is 13.2 Å². The molecular formula is C60H114O6. The predicted octanol–water partition coefficient (Wildman–Crippen LogP) is 19.7. The quantitative estimate of drug-likeness (QED) is 0.0262. The number of hydrogen-bond acceptors (Lipinski definition) is 6. The van der Waals surface area contributed by atoms with Gasteiger partial charge in [0.15, 0.2) is 6.10 Å². The van der Waals surface area contributed by atoms with Crippen molar-refractivity contribution in [2.24, 2.45) is 0 Å². The van der Waals surface area contributed by atoms with Crippen LogP contribution in [0.2, 0.25) is 0 Å². The Labute approximate surface area is 411 Å². The molecule has 0 spiro atoms. The number of allylic oxidation sites excluding steroid dienone is 2. The third kappa shape index (κ3) is 53.1. The van der Waals surface area contributed by atoms with Crippen molar-refractivity contribution in [2.45, 2.75) is 341 Å². The molecule has 0 aliphatic heterocycles. The van der Waals surface area contributed by atoms with E-state index in [0.29, 0.717) is 19.3 Å². The van der Waals surface area contributed by atoms with E-state index in [0.717, 1.165) is 64.2 Å². The molecule has 6 nitrogen and oxygen atoms in total. The maximum Gasteiger partial charge on any atom is 0.306 e. The molecule has 0 fully saturated rings. The van der Waals surface area contributed by atoms with Crippen LogP contribution in [0.4, 0.5) is 0 Å². The zero-order valence-electron chi connectivity index (χ0n) is 44.7. The summed E-state index contributed by atoms with van der Waals surface area (Å²) in [7, 11) is 0. The van der Waals surface area contributed by atoms with Gasteiger partial charge in [-0.05, 0) is 44.9 Å². The molecule has 0 saturated heterocycles. The molecular weight excluding hydrogens is 817 g/mol. The summed E-state index contributed by atoms with van der Waals surface area (Å²) in [6, 6.07) is 0. The summed E-state index contributed by atoms with van der Waals surface area (Å²) in [6.07, 6.45) is 63.5. The molecule has 0 N–H and O–H groups in total. The van der Waals surface area contributed by atoms with E-state index in [-0.39, 0.29) is 31.1 Å². The highest BCUT2D eigenvalue weighted by atomic mass is 16.6. The molecule has 390 valence electrons. The second-order valence-corrected chi connectivity index (χ2v) is 20.3. The van der Waals surface area contributed by atoms with Gasteiger partial charge in [-0.25, -0.2) is 0 Å². The van der Waals surface area contributed by atoms with Crippen LogP contribution < -0.4 is 0 Å². The van der Waals surface area contributed by atoms with E-state index in [2.05, 4.69) is 32.9 Å². The van der Waals surface area contributed by atoms with Crippen molar-refractivity contribution in [1.82, 2.24) is 0 Å². The molecule has 0 amide bonds. The monoisotopic (exact) mass is 931 g/mol. The molecule has 1 unspecified atom stereocenters. The summed E-state index contributed by atoms with van der Waals surface area (Å²) in [5.74, 6) is -0.850. The summed E-state index contributed by atoms with van der Waals surface area (Å²) >= 11 is 0. The lowest BCUT2D eigenvalue weighted by molar-refractivity contribution is -0.167. The summed E-state index contributed by atoms with van der Waals surface area (Å²) in [4.78, 5) is 38.1. The highest BCUT2D eigenvalue weighted by Crippen LogP contribution is 2.18. The van der Waals surface area contributed by atoms with Crippen molar-refractivity contribution in [3.8, 4) is 0 Å². The van der Waals surface area contributed by atoms with E-state index in [1.165, 1.54) is 231 Å². The van der Waals surface area contributed by atoms with E-state index < -0.39 is 6.10 Å². The Hall–Kier alpha value is -1.85. The van der Waals surface area contributed by atoms with Crippen molar-refractivity contribution in [1.29, 1.82) is 0 Å². The number of unbranched alkanes of at least 4 members (excludes halogenated alkanes) is 42. The van der Waals surface area contributed by atoms with Crippen molar-refractivity contribution in [3.63, 3.8) is 0 Å². The molecule has 1 atom stereocenters. The highest BCUT2D eigenvalue weighted by molar-refractivity contribution is 5.71. The van der Waals surface area contributed by atoms with Gasteiger partial charge >= 0.3 is 17.9 Å². The van der Waals surface area contributed by atoms with Crippen molar-refractivity contribution < 1.29 is 28.6 Å². The summed E-state index contributed by atoms with van der Waals surface area (Å²) in [6.45, 7) is 6.67. The first-order chi connectivity index (χ1) is 32.5. The van der Waals surface area contributed by atoms with Gasteiger partial charge < -0.3 is 14.2 Å². The minimum Gasteiger partial charge on any atom is -0.462 e. The smallest absolute Gasteiger partial charge is 0.306 e. The van der Waals surface area contributed by atoms with Crippen LogP contribution in [0.15, 0.2) is 12.2 Å². The molecule has 6 heteroatoms. The van der Waals surface area contributed by atoms with Crippen LogP contribution in [0, 0.1) is 0 Å². The van der Waals surface area contributed by atoms with Crippen molar-refractivity contribution in [2.75, 3.05) is 13.2 Å². The number of rotatable bonds is 55. The predicted molar refractivity (Wildman–Crippen MR) is 284 cm³/mol. The second kappa shape index (κ2) is 55.7. The van der Waals surface area contributed by atoms with Crippen LogP contribution in [0.3, 0.4) is 0 Å². The van der Waals surface area contributed by atoms with Crippen LogP contribution in [-0.4, -0.2) is 37.2 Å². The summed E-state index contributed by atoms with van der Waals surface area (Å²) in [5, 5.41) is 0. The Bertz CT molecular complexity index is 1020. The van der Waals surface area contributed by atoms with E-state index in [1.807, 2.05) is 0 Å². The van der Waals surface area contributed by atoms with Crippen LogP contribution in [0.25, 0.3) is 0 Å². The van der Waals surface area contributed by atoms with Crippen LogP contribution in [0.1, 0.15) is 335 Å². The first-order valence-corrected chi connectivity index (χ1v) is 29.7. The lowest BCUT2D eigenvalue weighted by Gasteiger charge is -2.18. The lowest BCUT2D eigenvalue weighted by Crippen LogP contribution is -2.30. The maximum absolute atomic E-state index is 12.9. The fourth-order valence-electron chi connectivity index (χ4n) is 9.03. The molecule has 0 rings (SSSR count). The van der Waals surface area contributed by atoms with E-state index in [4.69, 9.17) is 14.2 Å². The number of carbonyl (C=O) groups excluding carboxylic acids is 3. The molecule has 0 saturated carbocycles. The highest BCUT2D eigenvalue weighted by Gasteiger charge is 2.19. The minimum absolute atomic E-state index is 0.0664. The van der Waals surface area contributed by atoms with Crippen molar-refractivity contribution in [3.05, 3.63) is 12.2 Å². The molecule has 0 heterocycles. The number of hydrogen-bond donors (Lipinski definition) is 0. The van der Waals surface area contributed by atoms with E-state index >= 15 is 0 Å². The molecule has 0 aromatic heterocycles. The lowest BCUT2D eigenvalue weighted by atomic mass is 10.0. The third-order valence-electron chi connectivity index (χ3n) is 13.5. The first-order valence-electron chi connectivity index (χ1n) is 29.7. The summed E-state index contributed by atoms with van der Waals surface area (Å²) in [5.41, 5.74) is 0. The van der Waals surface area contributed by atoms with Gasteiger partial charge in [0.05, 0.1) is 0 Å². The Morgan fingerprint density at radius 2 is 0.500 bits per heavy atom. The van der Waals surface area contributed by atoms with Crippen LogP contribution in [0.5, 0.6) is 0 Å². The van der Waals surface area contributed by atoms with Crippen LogP contribution >= 0.6 is 0 Å². The molecule has 0 aliphatic rings. The van der Waals surface area contributed by atoms with Crippen LogP contribution in [-0.2, 0) is 28.6 Å². The normalized spacial score (nSPS) is 12.0. The molecule has 66 heavy (non-hydrogen) atoms. The Kier molecular flexibility index (Phi) is 54.2. The molecule has 0 aromatic carbocycles. The van der Waals surface area contributed by atoms with Gasteiger partial charge in [0.25, 0.3) is 0 Å².